The maximum absolute atomic E-state index is 9.21. The first-order chi connectivity index (χ1) is 10.8. The van der Waals surface area contributed by atoms with Gasteiger partial charge in [-0.3, -0.25) is 0 Å². The van der Waals surface area contributed by atoms with Crippen molar-refractivity contribution in [2.75, 3.05) is 11.9 Å². The van der Waals surface area contributed by atoms with Crippen molar-refractivity contribution in [2.24, 2.45) is 0 Å². The van der Waals surface area contributed by atoms with Gasteiger partial charge in [-0.1, -0.05) is 30.3 Å². The van der Waals surface area contributed by atoms with E-state index in [9.17, 15) is 5.11 Å². The van der Waals surface area contributed by atoms with Crippen molar-refractivity contribution in [3.63, 3.8) is 0 Å². The molecule has 5 heteroatoms. The predicted octanol–water partition coefficient (Wildman–Crippen LogP) is 3.06. The molecule has 2 heterocycles. The number of hydrogen-bond donors (Lipinski definition) is 2. The molecular weight excluding hydrogens is 278 g/mol. The zero-order chi connectivity index (χ0) is 15.4. The van der Waals surface area contributed by atoms with Crippen LogP contribution in [0, 0.1) is 6.92 Å². The zero-order valence-corrected chi connectivity index (χ0v) is 12.5. The molecular formula is C17H19N3O2. The first-order valence-corrected chi connectivity index (χ1v) is 7.29. The van der Waals surface area contributed by atoms with Crippen LogP contribution in [0.4, 0.5) is 5.82 Å². The SMILES string of the molecule is Cc1ccoc1CNc1cc(-c2ccccc2)nn1CCO. The third-order valence-corrected chi connectivity index (χ3v) is 3.56. The maximum atomic E-state index is 9.21. The molecule has 0 fully saturated rings. The van der Waals surface area contributed by atoms with Gasteiger partial charge in [-0.05, 0) is 18.6 Å². The van der Waals surface area contributed by atoms with Crippen LogP contribution >= 0.6 is 0 Å². The standard InChI is InChI=1S/C17H19N3O2/c1-13-7-10-22-16(13)12-18-17-11-15(19-20(17)8-9-21)14-5-3-2-4-6-14/h2-7,10-11,18,21H,8-9,12H2,1H3. The highest BCUT2D eigenvalue weighted by Gasteiger charge is 2.10. The van der Waals surface area contributed by atoms with Gasteiger partial charge in [-0.25, -0.2) is 4.68 Å². The molecule has 0 spiro atoms. The molecule has 1 aromatic carbocycles. The van der Waals surface area contributed by atoms with Crippen molar-refractivity contribution in [1.29, 1.82) is 0 Å². The van der Waals surface area contributed by atoms with Crippen molar-refractivity contribution in [2.45, 2.75) is 20.0 Å². The predicted molar refractivity (Wildman–Crippen MR) is 85.5 cm³/mol. The van der Waals surface area contributed by atoms with Crippen LogP contribution in [-0.4, -0.2) is 21.5 Å². The molecule has 22 heavy (non-hydrogen) atoms. The molecule has 5 nitrogen and oxygen atoms in total. The molecule has 0 radical (unpaired) electrons. The largest absolute Gasteiger partial charge is 0.467 e. The molecule has 0 aliphatic carbocycles. The Morgan fingerprint density at radius 1 is 1.23 bits per heavy atom. The number of hydrogen-bond acceptors (Lipinski definition) is 4. The van der Waals surface area contributed by atoms with Crippen LogP contribution < -0.4 is 5.32 Å². The maximum Gasteiger partial charge on any atom is 0.125 e. The number of nitrogens with one attached hydrogen (secondary N) is 1. The summed E-state index contributed by atoms with van der Waals surface area (Å²) in [4.78, 5) is 0. The van der Waals surface area contributed by atoms with Gasteiger partial charge >= 0.3 is 0 Å². The monoisotopic (exact) mass is 297 g/mol. The van der Waals surface area contributed by atoms with E-state index in [0.717, 1.165) is 28.4 Å². The highest BCUT2D eigenvalue weighted by molar-refractivity contribution is 5.63. The summed E-state index contributed by atoms with van der Waals surface area (Å²) >= 11 is 0. The molecule has 0 saturated carbocycles. The number of anilines is 1. The van der Waals surface area contributed by atoms with E-state index < -0.39 is 0 Å². The van der Waals surface area contributed by atoms with Gasteiger partial charge in [0.2, 0.25) is 0 Å². The number of benzene rings is 1. The van der Waals surface area contributed by atoms with Gasteiger partial charge in [0.25, 0.3) is 0 Å². The lowest BCUT2D eigenvalue weighted by atomic mass is 10.1. The summed E-state index contributed by atoms with van der Waals surface area (Å²) in [5, 5.41) is 17.1. The van der Waals surface area contributed by atoms with Gasteiger partial charge in [-0.2, -0.15) is 5.10 Å². The van der Waals surface area contributed by atoms with Gasteiger partial charge in [-0.15, -0.1) is 0 Å². The molecule has 0 bridgehead atoms. The molecule has 2 aromatic heterocycles. The van der Waals surface area contributed by atoms with Crippen molar-refractivity contribution in [1.82, 2.24) is 9.78 Å². The summed E-state index contributed by atoms with van der Waals surface area (Å²) in [6, 6.07) is 13.9. The van der Waals surface area contributed by atoms with E-state index in [1.807, 2.05) is 49.4 Å². The normalized spacial score (nSPS) is 10.8. The first kappa shape index (κ1) is 14.4. The number of aromatic nitrogens is 2. The quantitative estimate of drug-likeness (QED) is 0.734. The minimum absolute atomic E-state index is 0.0460. The molecule has 0 aliphatic heterocycles. The Morgan fingerprint density at radius 2 is 2.05 bits per heavy atom. The summed E-state index contributed by atoms with van der Waals surface area (Å²) in [5.74, 6) is 1.77. The number of aliphatic hydroxyl groups excluding tert-OH is 1. The van der Waals surface area contributed by atoms with Crippen molar-refractivity contribution >= 4 is 5.82 Å². The molecule has 0 aliphatic rings. The van der Waals surface area contributed by atoms with Crippen LogP contribution in [0.3, 0.4) is 0 Å². The Bertz CT molecular complexity index is 731. The van der Waals surface area contributed by atoms with Crippen LogP contribution in [0.2, 0.25) is 0 Å². The highest BCUT2D eigenvalue weighted by atomic mass is 16.3. The van der Waals surface area contributed by atoms with Gasteiger partial charge in [0.1, 0.15) is 11.6 Å². The Labute approximate surface area is 129 Å². The molecule has 114 valence electrons. The molecule has 0 saturated heterocycles. The van der Waals surface area contributed by atoms with Crippen molar-refractivity contribution < 1.29 is 9.52 Å². The fourth-order valence-electron chi connectivity index (χ4n) is 2.33. The van der Waals surface area contributed by atoms with Crippen LogP contribution in [0.5, 0.6) is 0 Å². The number of aryl methyl sites for hydroxylation is 1. The van der Waals surface area contributed by atoms with Crippen LogP contribution in [0.1, 0.15) is 11.3 Å². The Morgan fingerprint density at radius 3 is 2.73 bits per heavy atom. The number of nitrogens with zero attached hydrogens (tertiary/aromatic N) is 2. The van der Waals surface area contributed by atoms with Gasteiger partial charge < -0.3 is 14.8 Å². The number of rotatable bonds is 6. The fourth-order valence-corrected chi connectivity index (χ4v) is 2.33. The van der Waals surface area contributed by atoms with Crippen LogP contribution in [-0.2, 0) is 13.1 Å². The second-order valence-corrected chi connectivity index (χ2v) is 5.11. The number of furan rings is 1. The summed E-state index contributed by atoms with van der Waals surface area (Å²) in [7, 11) is 0. The second-order valence-electron chi connectivity index (χ2n) is 5.11. The van der Waals surface area contributed by atoms with E-state index >= 15 is 0 Å². The Hall–Kier alpha value is -2.53. The fraction of sp³-hybridized carbons (Fsp3) is 0.235. The molecule has 2 N–H and O–H groups in total. The third kappa shape index (κ3) is 3.04. The van der Waals surface area contributed by atoms with Gasteiger partial charge in [0, 0.05) is 11.6 Å². The van der Waals surface area contributed by atoms with Gasteiger partial charge in [0.15, 0.2) is 0 Å². The average molecular weight is 297 g/mol. The van der Waals surface area contributed by atoms with E-state index in [1.165, 1.54) is 0 Å². The Kier molecular flexibility index (Phi) is 4.25. The first-order valence-electron chi connectivity index (χ1n) is 7.29. The minimum atomic E-state index is 0.0460. The molecule has 3 aromatic rings. The summed E-state index contributed by atoms with van der Waals surface area (Å²) < 4.78 is 7.21. The number of aliphatic hydroxyl groups is 1. The summed E-state index contributed by atoms with van der Waals surface area (Å²) in [5.41, 5.74) is 3.05. The topological polar surface area (TPSA) is 63.2 Å². The zero-order valence-electron chi connectivity index (χ0n) is 12.5. The minimum Gasteiger partial charge on any atom is -0.467 e. The van der Waals surface area contributed by atoms with Crippen molar-refractivity contribution in [3.05, 3.63) is 60.1 Å². The van der Waals surface area contributed by atoms with Crippen LogP contribution in [0.15, 0.2) is 53.1 Å². The molecule has 3 rings (SSSR count). The van der Waals surface area contributed by atoms with Crippen molar-refractivity contribution in [3.8, 4) is 11.3 Å². The van der Waals surface area contributed by atoms with Crippen LogP contribution in [0.25, 0.3) is 11.3 Å². The third-order valence-electron chi connectivity index (χ3n) is 3.56. The average Bonchev–Trinajstić information content (AvgIpc) is 3.13. The summed E-state index contributed by atoms with van der Waals surface area (Å²) in [6.07, 6.45) is 1.69. The van der Waals surface area contributed by atoms with E-state index in [2.05, 4.69) is 10.4 Å². The smallest absolute Gasteiger partial charge is 0.125 e. The lowest BCUT2D eigenvalue weighted by Gasteiger charge is -2.07. The molecule has 0 amide bonds. The Balaban J connectivity index is 1.83. The lowest BCUT2D eigenvalue weighted by Crippen LogP contribution is -2.10. The second kappa shape index (κ2) is 6.49. The summed E-state index contributed by atoms with van der Waals surface area (Å²) in [6.45, 7) is 3.10. The highest BCUT2D eigenvalue weighted by Crippen LogP contribution is 2.22. The lowest BCUT2D eigenvalue weighted by molar-refractivity contribution is 0.270. The van der Waals surface area contributed by atoms with E-state index in [-0.39, 0.29) is 6.61 Å². The molecule has 0 unspecified atom stereocenters. The van der Waals surface area contributed by atoms with E-state index in [1.54, 1.807) is 10.9 Å². The van der Waals surface area contributed by atoms with Gasteiger partial charge in [0.05, 0.1) is 31.7 Å². The van der Waals surface area contributed by atoms with E-state index in [4.69, 9.17) is 4.42 Å². The molecule has 0 atom stereocenters. The van der Waals surface area contributed by atoms with E-state index in [0.29, 0.717) is 13.1 Å².